The van der Waals surface area contributed by atoms with Crippen molar-refractivity contribution >= 4 is 5.82 Å². The largest absolute Gasteiger partial charge is 0.379 e. The molecule has 1 aliphatic carbocycles. The Morgan fingerprint density at radius 2 is 2.32 bits per heavy atom. The average Bonchev–Trinajstić information content (AvgIpc) is 3.02. The lowest BCUT2D eigenvalue weighted by atomic mass is 9.94. The number of pyridine rings is 1. The monoisotopic (exact) mass is 304 g/mol. The highest BCUT2D eigenvalue weighted by molar-refractivity contribution is 5.45. The number of nitrogens with one attached hydrogen (secondary N) is 2. The number of rotatable bonds is 5. The number of aromatic nitrogens is 1. The number of ether oxygens (including phenoxy) is 1. The predicted octanol–water partition coefficient (Wildman–Crippen LogP) is 1.39. The smallest absolute Gasteiger partial charge is 0.132 e. The Bertz CT molecular complexity index is 473. The first-order valence-electron chi connectivity index (χ1n) is 8.41. The summed E-state index contributed by atoms with van der Waals surface area (Å²) < 4.78 is 5.65. The molecule has 122 valence electrons. The Balaban J connectivity index is 1.60. The minimum atomic E-state index is 0.510. The molecule has 3 rings (SSSR count). The minimum Gasteiger partial charge on any atom is -0.379 e. The van der Waals surface area contributed by atoms with Crippen LogP contribution in [0.4, 0.5) is 5.82 Å². The lowest BCUT2D eigenvalue weighted by molar-refractivity contribution is 0.0524. The average molecular weight is 304 g/mol. The highest BCUT2D eigenvalue weighted by Crippen LogP contribution is 2.30. The SMILES string of the molecule is CN(C)c1ncccc1CNC1CCCC1C1COCCN1. The van der Waals surface area contributed by atoms with Gasteiger partial charge in [-0.15, -0.1) is 0 Å². The zero-order chi connectivity index (χ0) is 15.4. The van der Waals surface area contributed by atoms with Gasteiger partial charge < -0.3 is 20.3 Å². The summed E-state index contributed by atoms with van der Waals surface area (Å²) in [4.78, 5) is 6.57. The van der Waals surface area contributed by atoms with Gasteiger partial charge in [0.1, 0.15) is 5.82 Å². The van der Waals surface area contributed by atoms with Crippen LogP contribution in [0.1, 0.15) is 24.8 Å². The van der Waals surface area contributed by atoms with Crippen molar-refractivity contribution in [2.75, 3.05) is 38.8 Å². The molecule has 1 aliphatic heterocycles. The zero-order valence-corrected chi connectivity index (χ0v) is 13.7. The summed E-state index contributed by atoms with van der Waals surface area (Å²) in [5.41, 5.74) is 1.27. The van der Waals surface area contributed by atoms with Crippen molar-refractivity contribution < 1.29 is 4.74 Å². The molecular formula is C17H28N4O. The molecule has 0 amide bonds. The summed E-state index contributed by atoms with van der Waals surface area (Å²) in [5.74, 6) is 1.74. The number of morpholine rings is 1. The number of anilines is 1. The van der Waals surface area contributed by atoms with E-state index >= 15 is 0 Å². The maximum atomic E-state index is 5.65. The minimum absolute atomic E-state index is 0.510. The molecule has 0 bridgehead atoms. The van der Waals surface area contributed by atoms with Crippen LogP contribution in [0.2, 0.25) is 0 Å². The summed E-state index contributed by atoms with van der Waals surface area (Å²) in [6, 6.07) is 5.28. The van der Waals surface area contributed by atoms with Gasteiger partial charge in [0, 0.05) is 51.0 Å². The Labute approximate surface area is 133 Å². The molecule has 2 N–H and O–H groups in total. The van der Waals surface area contributed by atoms with E-state index in [9.17, 15) is 0 Å². The highest BCUT2D eigenvalue weighted by Gasteiger charge is 2.34. The first kappa shape index (κ1) is 15.7. The summed E-state index contributed by atoms with van der Waals surface area (Å²) in [6.45, 7) is 3.58. The molecule has 0 radical (unpaired) electrons. The van der Waals surface area contributed by atoms with Crippen LogP contribution in [0.3, 0.4) is 0 Å². The van der Waals surface area contributed by atoms with E-state index < -0.39 is 0 Å². The van der Waals surface area contributed by atoms with Gasteiger partial charge in [0.15, 0.2) is 0 Å². The van der Waals surface area contributed by atoms with Crippen molar-refractivity contribution in [2.45, 2.75) is 37.9 Å². The first-order valence-corrected chi connectivity index (χ1v) is 8.41. The number of nitrogens with zero attached hydrogens (tertiary/aromatic N) is 2. The van der Waals surface area contributed by atoms with E-state index in [0.717, 1.165) is 32.1 Å². The van der Waals surface area contributed by atoms with Crippen LogP contribution in [0, 0.1) is 5.92 Å². The van der Waals surface area contributed by atoms with E-state index in [2.05, 4.69) is 26.6 Å². The van der Waals surface area contributed by atoms with Crippen LogP contribution in [-0.4, -0.2) is 50.9 Å². The molecule has 1 aromatic rings. The molecular weight excluding hydrogens is 276 g/mol. The van der Waals surface area contributed by atoms with E-state index in [4.69, 9.17) is 4.74 Å². The van der Waals surface area contributed by atoms with E-state index in [0.29, 0.717) is 18.0 Å². The van der Waals surface area contributed by atoms with Gasteiger partial charge in [0.25, 0.3) is 0 Å². The van der Waals surface area contributed by atoms with Crippen LogP contribution in [0.5, 0.6) is 0 Å². The second-order valence-electron chi connectivity index (χ2n) is 6.60. The molecule has 3 unspecified atom stereocenters. The Morgan fingerprint density at radius 3 is 3.09 bits per heavy atom. The lowest BCUT2D eigenvalue weighted by Gasteiger charge is -2.33. The van der Waals surface area contributed by atoms with Gasteiger partial charge in [-0.25, -0.2) is 4.98 Å². The van der Waals surface area contributed by atoms with Gasteiger partial charge in [-0.05, 0) is 24.8 Å². The molecule has 1 saturated carbocycles. The van der Waals surface area contributed by atoms with Gasteiger partial charge in [0.05, 0.1) is 13.2 Å². The molecule has 2 fully saturated rings. The molecule has 2 aliphatic rings. The van der Waals surface area contributed by atoms with Crippen molar-refractivity contribution in [3.63, 3.8) is 0 Å². The quantitative estimate of drug-likeness (QED) is 0.861. The fourth-order valence-corrected chi connectivity index (χ4v) is 3.80. The van der Waals surface area contributed by atoms with Crippen molar-refractivity contribution in [1.82, 2.24) is 15.6 Å². The molecule has 5 nitrogen and oxygen atoms in total. The van der Waals surface area contributed by atoms with E-state index in [1.54, 1.807) is 0 Å². The molecule has 5 heteroatoms. The van der Waals surface area contributed by atoms with Gasteiger partial charge in [-0.1, -0.05) is 12.5 Å². The van der Waals surface area contributed by atoms with Crippen LogP contribution < -0.4 is 15.5 Å². The van der Waals surface area contributed by atoms with Crippen molar-refractivity contribution in [3.8, 4) is 0 Å². The Morgan fingerprint density at radius 1 is 1.41 bits per heavy atom. The molecule has 22 heavy (non-hydrogen) atoms. The molecule has 2 heterocycles. The van der Waals surface area contributed by atoms with Gasteiger partial charge in [-0.2, -0.15) is 0 Å². The molecule has 3 atom stereocenters. The van der Waals surface area contributed by atoms with E-state index in [1.807, 2.05) is 26.4 Å². The maximum absolute atomic E-state index is 5.65. The number of hydrogen-bond acceptors (Lipinski definition) is 5. The summed E-state index contributed by atoms with van der Waals surface area (Å²) in [5, 5.41) is 7.41. The molecule has 0 aromatic carbocycles. The normalized spacial score (nSPS) is 28.7. The fourth-order valence-electron chi connectivity index (χ4n) is 3.80. The Kier molecular flexibility index (Phi) is 5.28. The summed E-state index contributed by atoms with van der Waals surface area (Å²) >= 11 is 0. The maximum Gasteiger partial charge on any atom is 0.132 e. The summed E-state index contributed by atoms with van der Waals surface area (Å²) in [7, 11) is 4.10. The third-order valence-electron chi connectivity index (χ3n) is 4.88. The van der Waals surface area contributed by atoms with E-state index in [-0.39, 0.29) is 0 Å². The predicted molar refractivity (Wildman–Crippen MR) is 89.1 cm³/mol. The standard InChI is InChI=1S/C17H28N4O/c1-21(2)17-13(5-4-8-19-17)11-20-15-7-3-6-14(15)16-12-22-10-9-18-16/h4-5,8,14-16,18,20H,3,6-7,9-12H2,1-2H3. The topological polar surface area (TPSA) is 49.4 Å². The number of hydrogen-bond donors (Lipinski definition) is 2. The third-order valence-corrected chi connectivity index (χ3v) is 4.88. The van der Waals surface area contributed by atoms with Gasteiger partial charge >= 0.3 is 0 Å². The summed E-state index contributed by atoms with van der Waals surface area (Å²) in [6.07, 6.45) is 5.74. The first-order chi connectivity index (χ1) is 10.8. The van der Waals surface area contributed by atoms with Crippen LogP contribution in [0.15, 0.2) is 18.3 Å². The van der Waals surface area contributed by atoms with Crippen molar-refractivity contribution in [3.05, 3.63) is 23.9 Å². The van der Waals surface area contributed by atoms with Crippen LogP contribution in [0.25, 0.3) is 0 Å². The van der Waals surface area contributed by atoms with Crippen molar-refractivity contribution in [2.24, 2.45) is 5.92 Å². The van der Waals surface area contributed by atoms with E-state index in [1.165, 1.54) is 24.8 Å². The highest BCUT2D eigenvalue weighted by atomic mass is 16.5. The fraction of sp³-hybridized carbons (Fsp3) is 0.706. The second-order valence-corrected chi connectivity index (χ2v) is 6.60. The third kappa shape index (κ3) is 3.59. The zero-order valence-electron chi connectivity index (χ0n) is 13.7. The van der Waals surface area contributed by atoms with Crippen molar-refractivity contribution in [1.29, 1.82) is 0 Å². The molecule has 0 spiro atoms. The van der Waals surface area contributed by atoms with Gasteiger partial charge in [-0.3, -0.25) is 0 Å². The molecule has 1 saturated heterocycles. The second kappa shape index (κ2) is 7.40. The Hall–Kier alpha value is -1.17. The van der Waals surface area contributed by atoms with Gasteiger partial charge in [0.2, 0.25) is 0 Å². The lowest BCUT2D eigenvalue weighted by Crippen LogP contribution is -2.50. The van der Waals surface area contributed by atoms with Crippen LogP contribution in [-0.2, 0) is 11.3 Å². The molecule has 1 aromatic heterocycles. The van der Waals surface area contributed by atoms with Crippen LogP contribution >= 0.6 is 0 Å².